The van der Waals surface area contributed by atoms with Gasteiger partial charge in [-0.3, -0.25) is 0 Å². The maximum absolute atomic E-state index is 12.1. The number of hydrogen-bond donors (Lipinski definition) is 0. The summed E-state index contributed by atoms with van der Waals surface area (Å²) in [5, 5.41) is 0.582. The normalized spacial score (nSPS) is 10.4. The molecule has 0 spiro atoms. The maximum atomic E-state index is 12.1. The van der Waals surface area contributed by atoms with Crippen molar-refractivity contribution in [3.05, 3.63) is 70.6 Å². The van der Waals surface area contributed by atoms with Crippen molar-refractivity contribution < 1.29 is 18.7 Å². The van der Waals surface area contributed by atoms with Crippen LogP contribution >= 0.6 is 0 Å². The maximum Gasteiger partial charge on any atom is 0.351 e. The molecule has 5 heteroatoms. The van der Waals surface area contributed by atoms with Crippen molar-refractivity contribution in [2.45, 2.75) is 0 Å². The van der Waals surface area contributed by atoms with E-state index in [2.05, 4.69) is 0 Å². The van der Waals surface area contributed by atoms with Crippen LogP contribution in [0.1, 0.15) is 10.4 Å². The largest absolute Gasteiger partial charge is 0.497 e. The highest BCUT2D eigenvalue weighted by Gasteiger charge is 2.16. The van der Waals surface area contributed by atoms with Crippen LogP contribution in [0.15, 0.2) is 63.8 Å². The molecule has 0 fully saturated rings. The second kappa shape index (κ2) is 5.73. The summed E-state index contributed by atoms with van der Waals surface area (Å²) < 4.78 is 15.4. The van der Waals surface area contributed by atoms with Crippen LogP contribution < -0.4 is 15.1 Å². The van der Waals surface area contributed by atoms with Crippen LogP contribution in [0.25, 0.3) is 11.0 Å². The number of carbonyl (C=O) groups excluding carboxylic acids is 1. The number of rotatable bonds is 3. The third-order valence-electron chi connectivity index (χ3n) is 3.11. The Bertz CT molecular complexity index is 880. The van der Waals surface area contributed by atoms with E-state index in [4.69, 9.17) is 13.9 Å². The van der Waals surface area contributed by atoms with E-state index in [0.29, 0.717) is 22.5 Å². The first kappa shape index (κ1) is 13.9. The number of fused-ring (bicyclic) bond motifs is 1. The summed E-state index contributed by atoms with van der Waals surface area (Å²) in [7, 11) is 1.53. The van der Waals surface area contributed by atoms with E-state index in [1.807, 2.05) is 0 Å². The molecule has 3 aromatic rings. The highest BCUT2D eigenvalue weighted by atomic mass is 16.5. The second-order valence-corrected chi connectivity index (χ2v) is 4.55. The molecule has 3 rings (SSSR count). The van der Waals surface area contributed by atoms with Crippen LogP contribution in [-0.4, -0.2) is 13.1 Å². The van der Waals surface area contributed by atoms with Gasteiger partial charge in [-0.25, -0.2) is 9.59 Å². The molecule has 2 aromatic carbocycles. The molecule has 0 atom stereocenters. The van der Waals surface area contributed by atoms with Crippen LogP contribution in [0.2, 0.25) is 0 Å². The van der Waals surface area contributed by atoms with Gasteiger partial charge in [0.1, 0.15) is 22.6 Å². The van der Waals surface area contributed by atoms with Crippen molar-refractivity contribution in [2.24, 2.45) is 0 Å². The Hall–Kier alpha value is -3.08. The molecule has 0 saturated heterocycles. The van der Waals surface area contributed by atoms with Gasteiger partial charge in [-0.2, -0.15) is 0 Å². The van der Waals surface area contributed by atoms with E-state index in [1.165, 1.54) is 13.2 Å². The van der Waals surface area contributed by atoms with Crippen LogP contribution in [0.4, 0.5) is 0 Å². The number of hydrogen-bond acceptors (Lipinski definition) is 5. The third kappa shape index (κ3) is 2.69. The van der Waals surface area contributed by atoms with Gasteiger partial charge in [0.25, 0.3) is 0 Å². The summed E-state index contributed by atoms with van der Waals surface area (Å²) in [6, 6.07) is 14.9. The number of benzene rings is 2. The van der Waals surface area contributed by atoms with Crippen molar-refractivity contribution in [2.75, 3.05) is 7.11 Å². The summed E-state index contributed by atoms with van der Waals surface area (Å²) in [6.07, 6.45) is 0. The number of para-hydroxylation sites is 1. The van der Waals surface area contributed by atoms with E-state index in [1.54, 1.807) is 48.5 Å². The van der Waals surface area contributed by atoms with Crippen LogP contribution in [0, 0.1) is 0 Å². The van der Waals surface area contributed by atoms with Gasteiger partial charge in [0.2, 0.25) is 0 Å². The minimum atomic E-state index is -0.760. The van der Waals surface area contributed by atoms with Gasteiger partial charge < -0.3 is 13.9 Å². The van der Waals surface area contributed by atoms with Crippen molar-refractivity contribution in [3.63, 3.8) is 0 Å². The molecule has 0 radical (unpaired) electrons. The molecule has 0 saturated carbocycles. The molecule has 0 unspecified atom stereocenters. The van der Waals surface area contributed by atoms with Crippen molar-refractivity contribution in [1.29, 1.82) is 0 Å². The molecule has 1 heterocycles. The Morgan fingerprint density at radius 3 is 2.50 bits per heavy atom. The zero-order valence-corrected chi connectivity index (χ0v) is 11.7. The molecule has 0 aliphatic heterocycles. The average Bonchev–Trinajstić information content (AvgIpc) is 2.54. The van der Waals surface area contributed by atoms with Gasteiger partial charge >= 0.3 is 11.6 Å². The number of methoxy groups -OCH3 is 1. The minimum absolute atomic E-state index is 0.162. The predicted molar refractivity (Wildman–Crippen MR) is 80.4 cm³/mol. The first-order chi connectivity index (χ1) is 10.7. The van der Waals surface area contributed by atoms with Gasteiger partial charge in [0.15, 0.2) is 0 Å². The lowest BCUT2D eigenvalue weighted by molar-refractivity contribution is 0.0730. The van der Waals surface area contributed by atoms with Crippen LogP contribution in [0.3, 0.4) is 0 Å². The molecule has 1 aromatic heterocycles. The predicted octanol–water partition coefficient (Wildman–Crippen LogP) is 3.02. The third-order valence-corrected chi connectivity index (χ3v) is 3.11. The molecule has 110 valence electrons. The Labute approximate surface area is 125 Å². The topological polar surface area (TPSA) is 65.7 Å². The molecular weight excluding hydrogens is 284 g/mol. The standard InChI is InChI=1S/C17H12O5/c1-20-13-7-8-15-11(9-13)10-14(17(19)22-15)16(18)21-12-5-3-2-4-6-12/h2-10H,1H3. The van der Waals surface area contributed by atoms with Gasteiger partial charge in [-0.1, -0.05) is 18.2 Å². The van der Waals surface area contributed by atoms with E-state index in [-0.39, 0.29) is 5.56 Å². The van der Waals surface area contributed by atoms with Gasteiger partial charge in [0.05, 0.1) is 7.11 Å². The summed E-state index contributed by atoms with van der Waals surface area (Å²) in [5.41, 5.74) is -0.523. The highest BCUT2D eigenvalue weighted by molar-refractivity contribution is 5.94. The fraction of sp³-hybridized carbons (Fsp3) is 0.0588. The molecule has 0 bridgehead atoms. The summed E-state index contributed by atoms with van der Waals surface area (Å²) in [5.74, 6) is 0.200. The van der Waals surface area contributed by atoms with E-state index >= 15 is 0 Å². The zero-order valence-electron chi connectivity index (χ0n) is 11.7. The van der Waals surface area contributed by atoms with Gasteiger partial charge in [-0.05, 0) is 36.4 Å². The molecule has 0 N–H and O–H groups in total. The van der Waals surface area contributed by atoms with Crippen LogP contribution in [-0.2, 0) is 0 Å². The van der Waals surface area contributed by atoms with Crippen LogP contribution in [0.5, 0.6) is 11.5 Å². The first-order valence-electron chi connectivity index (χ1n) is 6.56. The Kier molecular flexibility index (Phi) is 3.62. The second-order valence-electron chi connectivity index (χ2n) is 4.55. The fourth-order valence-electron chi connectivity index (χ4n) is 2.02. The minimum Gasteiger partial charge on any atom is -0.497 e. The number of carbonyl (C=O) groups is 1. The fourth-order valence-corrected chi connectivity index (χ4v) is 2.02. The van der Waals surface area contributed by atoms with Crippen molar-refractivity contribution >= 4 is 16.9 Å². The van der Waals surface area contributed by atoms with E-state index in [0.717, 1.165) is 0 Å². The van der Waals surface area contributed by atoms with Crippen molar-refractivity contribution in [1.82, 2.24) is 0 Å². The summed E-state index contributed by atoms with van der Waals surface area (Å²) in [4.78, 5) is 24.0. The Morgan fingerprint density at radius 2 is 1.77 bits per heavy atom. The number of esters is 1. The average molecular weight is 296 g/mol. The lowest BCUT2D eigenvalue weighted by Gasteiger charge is -2.05. The summed E-state index contributed by atoms with van der Waals surface area (Å²) >= 11 is 0. The Morgan fingerprint density at radius 1 is 1.00 bits per heavy atom. The van der Waals surface area contributed by atoms with E-state index in [9.17, 15) is 9.59 Å². The smallest absolute Gasteiger partial charge is 0.351 e. The zero-order chi connectivity index (χ0) is 15.5. The SMILES string of the molecule is COc1ccc2oc(=O)c(C(=O)Oc3ccccc3)cc2c1. The summed E-state index contributed by atoms with van der Waals surface area (Å²) in [6.45, 7) is 0. The van der Waals surface area contributed by atoms with E-state index < -0.39 is 11.6 Å². The first-order valence-corrected chi connectivity index (χ1v) is 6.56. The molecule has 22 heavy (non-hydrogen) atoms. The van der Waals surface area contributed by atoms with Gasteiger partial charge in [0, 0.05) is 5.39 Å². The lowest BCUT2D eigenvalue weighted by Crippen LogP contribution is -2.18. The number of ether oxygens (including phenoxy) is 2. The molecule has 0 aliphatic rings. The van der Waals surface area contributed by atoms with Crippen molar-refractivity contribution in [3.8, 4) is 11.5 Å². The molecular formula is C17H12O5. The quantitative estimate of drug-likeness (QED) is 0.422. The molecule has 0 amide bonds. The molecule has 0 aliphatic carbocycles. The lowest BCUT2D eigenvalue weighted by atomic mass is 10.2. The molecule has 5 nitrogen and oxygen atoms in total. The Balaban J connectivity index is 2.00. The monoisotopic (exact) mass is 296 g/mol. The highest BCUT2D eigenvalue weighted by Crippen LogP contribution is 2.21. The van der Waals surface area contributed by atoms with Gasteiger partial charge in [-0.15, -0.1) is 0 Å².